The van der Waals surface area contributed by atoms with Crippen molar-refractivity contribution in [3.05, 3.63) is 58.1 Å². The molecule has 1 saturated carbocycles. The SMILES string of the molecule is CCS(=O)(=O)c1cc(CNC(=O)C2CC2)cnc1-n1ncc2ccc(C(F)(F)F)cc2c1=O. The largest absolute Gasteiger partial charge is 0.416 e. The zero-order valence-corrected chi connectivity index (χ0v) is 18.2. The lowest BCUT2D eigenvalue weighted by Crippen LogP contribution is -2.26. The van der Waals surface area contributed by atoms with Gasteiger partial charge in [0.1, 0.15) is 4.90 Å². The minimum atomic E-state index is -4.66. The first kappa shape index (κ1) is 22.9. The Labute approximate surface area is 186 Å². The highest BCUT2D eigenvalue weighted by molar-refractivity contribution is 7.91. The number of halogens is 3. The molecule has 0 radical (unpaired) electrons. The molecule has 0 spiro atoms. The van der Waals surface area contributed by atoms with Crippen molar-refractivity contribution >= 4 is 26.5 Å². The highest BCUT2D eigenvalue weighted by Crippen LogP contribution is 2.31. The van der Waals surface area contributed by atoms with Crippen LogP contribution in [-0.2, 0) is 27.4 Å². The standard InChI is InChI=1S/C21H19F3N4O4S/c1-2-33(31,32)17-7-12(10-26-19(29)13-3-4-13)9-25-18(17)28-20(30)16-8-15(21(22,23)24)6-5-14(16)11-27-28/h5-9,11,13H,2-4,10H2,1H3,(H,26,29). The molecular weight excluding hydrogens is 461 g/mol. The monoisotopic (exact) mass is 480 g/mol. The minimum Gasteiger partial charge on any atom is -0.352 e. The Balaban J connectivity index is 1.82. The van der Waals surface area contributed by atoms with Crippen LogP contribution in [-0.4, -0.2) is 34.8 Å². The van der Waals surface area contributed by atoms with E-state index in [0.29, 0.717) is 16.3 Å². The summed E-state index contributed by atoms with van der Waals surface area (Å²) in [6.07, 6.45) is -0.571. The number of aromatic nitrogens is 3. The first-order valence-electron chi connectivity index (χ1n) is 10.1. The van der Waals surface area contributed by atoms with Crippen molar-refractivity contribution in [2.45, 2.75) is 37.4 Å². The van der Waals surface area contributed by atoms with Gasteiger partial charge < -0.3 is 5.32 Å². The van der Waals surface area contributed by atoms with Gasteiger partial charge in [0.2, 0.25) is 5.91 Å². The Morgan fingerprint density at radius 1 is 1.21 bits per heavy atom. The van der Waals surface area contributed by atoms with Crippen LogP contribution in [0.2, 0.25) is 0 Å². The number of nitrogens with one attached hydrogen (secondary N) is 1. The second-order valence-electron chi connectivity index (χ2n) is 7.72. The minimum absolute atomic E-state index is 0.0296. The van der Waals surface area contributed by atoms with Gasteiger partial charge in [-0.3, -0.25) is 9.59 Å². The van der Waals surface area contributed by atoms with Crippen LogP contribution < -0.4 is 10.9 Å². The number of alkyl halides is 3. The third kappa shape index (κ3) is 4.61. The third-order valence-corrected chi connectivity index (χ3v) is 7.07. The number of fused-ring (bicyclic) bond motifs is 1. The number of rotatable bonds is 6. The predicted molar refractivity (Wildman–Crippen MR) is 112 cm³/mol. The van der Waals surface area contributed by atoms with E-state index in [9.17, 15) is 31.2 Å². The Bertz CT molecular complexity index is 1410. The maximum absolute atomic E-state index is 13.1. The molecule has 174 valence electrons. The van der Waals surface area contributed by atoms with Crippen LogP contribution in [0.15, 0.2) is 46.3 Å². The average molecular weight is 480 g/mol. The third-order valence-electron chi connectivity index (χ3n) is 5.34. The van der Waals surface area contributed by atoms with E-state index in [1.807, 2.05) is 0 Å². The van der Waals surface area contributed by atoms with Gasteiger partial charge in [-0.2, -0.15) is 23.0 Å². The molecule has 8 nitrogen and oxygen atoms in total. The Morgan fingerprint density at radius 2 is 1.94 bits per heavy atom. The lowest BCUT2D eigenvalue weighted by atomic mass is 10.1. The van der Waals surface area contributed by atoms with E-state index < -0.39 is 27.1 Å². The van der Waals surface area contributed by atoms with Crippen LogP contribution in [0, 0.1) is 5.92 Å². The summed E-state index contributed by atoms with van der Waals surface area (Å²) in [5.74, 6) is -0.788. The summed E-state index contributed by atoms with van der Waals surface area (Å²) in [5.41, 5.74) is -1.55. The Kier molecular flexibility index (Phi) is 5.72. The van der Waals surface area contributed by atoms with Gasteiger partial charge in [-0.1, -0.05) is 13.0 Å². The zero-order chi connectivity index (χ0) is 24.0. The van der Waals surface area contributed by atoms with Crippen LogP contribution >= 0.6 is 0 Å². The number of hydrogen-bond donors (Lipinski definition) is 1. The number of amides is 1. The second kappa shape index (κ2) is 8.25. The first-order valence-corrected chi connectivity index (χ1v) is 11.8. The van der Waals surface area contributed by atoms with E-state index in [2.05, 4.69) is 15.4 Å². The molecule has 4 rings (SSSR count). The van der Waals surface area contributed by atoms with Crippen molar-refractivity contribution in [1.82, 2.24) is 20.1 Å². The van der Waals surface area contributed by atoms with Crippen molar-refractivity contribution in [2.75, 3.05) is 5.75 Å². The quantitative estimate of drug-likeness (QED) is 0.581. The van der Waals surface area contributed by atoms with E-state index in [4.69, 9.17) is 0 Å². The summed E-state index contributed by atoms with van der Waals surface area (Å²) in [5, 5.41) is 6.54. The van der Waals surface area contributed by atoms with Crippen LogP contribution in [0.3, 0.4) is 0 Å². The van der Waals surface area contributed by atoms with Crippen LogP contribution in [0.4, 0.5) is 13.2 Å². The predicted octanol–water partition coefficient (Wildman–Crippen LogP) is 2.62. The molecule has 1 fully saturated rings. The summed E-state index contributed by atoms with van der Waals surface area (Å²) in [4.78, 5) is 28.7. The summed E-state index contributed by atoms with van der Waals surface area (Å²) in [6.45, 7) is 1.46. The van der Waals surface area contributed by atoms with E-state index in [1.54, 1.807) is 0 Å². The number of sulfone groups is 1. The Morgan fingerprint density at radius 3 is 2.58 bits per heavy atom. The number of pyridine rings is 1. The van der Waals surface area contributed by atoms with Gasteiger partial charge in [0, 0.05) is 24.0 Å². The molecule has 1 aromatic carbocycles. The molecule has 12 heteroatoms. The molecule has 2 heterocycles. The molecule has 0 bridgehead atoms. The van der Waals surface area contributed by atoms with Crippen molar-refractivity contribution in [3.8, 4) is 5.82 Å². The molecule has 1 aliphatic rings. The number of benzene rings is 1. The van der Waals surface area contributed by atoms with Gasteiger partial charge >= 0.3 is 6.18 Å². The molecule has 0 atom stereocenters. The first-order chi connectivity index (χ1) is 15.5. The Hall–Kier alpha value is -3.28. The molecule has 3 aromatic rings. The van der Waals surface area contributed by atoms with Crippen LogP contribution in [0.1, 0.15) is 30.9 Å². The van der Waals surface area contributed by atoms with E-state index in [0.717, 1.165) is 25.0 Å². The number of hydrogen-bond acceptors (Lipinski definition) is 6. The van der Waals surface area contributed by atoms with Gasteiger partial charge in [-0.05, 0) is 36.6 Å². The summed E-state index contributed by atoms with van der Waals surface area (Å²) < 4.78 is 65.5. The molecule has 0 saturated heterocycles. The van der Waals surface area contributed by atoms with Gasteiger partial charge in [0.05, 0.1) is 22.9 Å². The summed E-state index contributed by atoms with van der Waals surface area (Å²) in [6, 6.07) is 3.95. The fourth-order valence-electron chi connectivity index (χ4n) is 3.26. The lowest BCUT2D eigenvalue weighted by molar-refractivity contribution is -0.137. The van der Waals surface area contributed by atoms with Crippen molar-refractivity contribution in [2.24, 2.45) is 5.92 Å². The highest BCUT2D eigenvalue weighted by Gasteiger charge is 2.31. The van der Waals surface area contributed by atoms with Crippen LogP contribution in [0.25, 0.3) is 16.6 Å². The van der Waals surface area contributed by atoms with Gasteiger partial charge in [0.15, 0.2) is 15.7 Å². The fraction of sp³-hybridized carbons (Fsp3) is 0.333. The molecular formula is C21H19F3N4O4S. The molecule has 1 aliphatic carbocycles. The van der Waals surface area contributed by atoms with Gasteiger partial charge in [0.25, 0.3) is 5.56 Å². The molecule has 1 amide bonds. The summed E-state index contributed by atoms with van der Waals surface area (Å²) >= 11 is 0. The molecule has 1 N–H and O–H groups in total. The second-order valence-corrected chi connectivity index (χ2v) is 9.97. The smallest absolute Gasteiger partial charge is 0.352 e. The van der Waals surface area contributed by atoms with Gasteiger partial charge in [-0.25, -0.2) is 13.4 Å². The summed E-state index contributed by atoms with van der Waals surface area (Å²) in [7, 11) is -3.90. The lowest BCUT2D eigenvalue weighted by Gasteiger charge is -2.13. The molecule has 0 unspecified atom stereocenters. The van der Waals surface area contributed by atoms with E-state index in [1.165, 1.54) is 25.4 Å². The van der Waals surface area contributed by atoms with Crippen molar-refractivity contribution in [3.63, 3.8) is 0 Å². The maximum Gasteiger partial charge on any atom is 0.416 e. The van der Waals surface area contributed by atoms with Gasteiger partial charge in [-0.15, -0.1) is 0 Å². The number of carbonyl (C=O) groups excluding carboxylic acids is 1. The molecule has 2 aromatic heterocycles. The van der Waals surface area contributed by atoms with E-state index in [-0.39, 0.29) is 45.6 Å². The van der Waals surface area contributed by atoms with Crippen molar-refractivity contribution < 1.29 is 26.4 Å². The average Bonchev–Trinajstić information content (AvgIpc) is 3.62. The topological polar surface area (TPSA) is 111 Å². The fourth-order valence-corrected chi connectivity index (χ4v) is 4.32. The van der Waals surface area contributed by atoms with Crippen LogP contribution in [0.5, 0.6) is 0 Å². The molecule has 0 aliphatic heterocycles. The highest BCUT2D eigenvalue weighted by atomic mass is 32.2. The number of nitrogens with zero attached hydrogens (tertiary/aromatic N) is 3. The normalized spacial score (nSPS) is 14.4. The molecule has 33 heavy (non-hydrogen) atoms. The number of carbonyl (C=O) groups is 1. The van der Waals surface area contributed by atoms with E-state index >= 15 is 0 Å². The zero-order valence-electron chi connectivity index (χ0n) is 17.4. The van der Waals surface area contributed by atoms with Crippen molar-refractivity contribution in [1.29, 1.82) is 0 Å². The maximum atomic E-state index is 13.1.